The molecule has 8 heteroatoms. The molecule has 0 radical (unpaired) electrons. The maximum atomic E-state index is 13.6. The quantitative estimate of drug-likeness (QED) is 0.811. The number of alkyl halides is 3. The largest absolute Gasteiger partial charge is 0.416 e. The molecule has 1 unspecified atom stereocenters. The fraction of sp³-hybridized carbons (Fsp3) is 0.450. The Morgan fingerprint density at radius 3 is 2.57 bits per heavy atom. The van der Waals surface area contributed by atoms with Crippen LogP contribution in [0.2, 0.25) is 5.02 Å². The molecule has 28 heavy (non-hydrogen) atoms. The molecule has 1 heterocycles. The van der Waals surface area contributed by atoms with Crippen LogP contribution >= 0.6 is 11.6 Å². The van der Waals surface area contributed by atoms with Crippen molar-refractivity contribution in [3.63, 3.8) is 0 Å². The van der Waals surface area contributed by atoms with E-state index < -0.39 is 23.3 Å². The first-order chi connectivity index (χ1) is 13.1. The molecule has 2 aliphatic rings. The van der Waals surface area contributed by atoms with E-state index in [-0.39, 0.29) is 18.1 Å². The molecule has 1 aromatic carbocycles. The Bertz CT molecular complexity index is 814. The average Bonchev–Trinajstić information content (AvgIpc) is 2.62. The second kappa shape index (κ2) is 7.89. The number of primary amides is 1. The van der Waals surface area contributed by atoms with Crippen LogP contribution in [0.25, 0.3) is 0 Å². The van der Waals surface area contributed by atoms with Crippen molar-refractivity contribution in [2.45, 2.75) is 37.1 Å². The monoisotopic (exact) mass is 414 g/mol. The molecule has 4 nitrogen and oxygen atoms in total. The van der Waals surface area contributed by atoms with Gasteiger partial charge >= 0.3 is 6.18 Å². The van der Waals surface area contributed by atoms with Crippen LogP contribution in [0.1, 0.15) is 24.8 Å². The van der Waals surface area contributed by atoms with E-state index in [0.29, 0.717) is 23.4 Å². The maximum absolute atomic E-state index is 13.6. The van der Waals surface area contributed by atoms with Gasteiger partial charge in [-0.25, -0.2) is 0 Å². The Morgan fingerprint density at radius 2 is 2.00 bits per heavy atom. The predicted octanol–water partition coefficient (Wildman–Crippen LogP) is 3.95. The number of benzene rings is 1. The van der Waals surface area contributed by atoms with Crippen molar-refractivity contribution in [2.75, 3.05) is 20.1 Å². The number of halogens is 4. The Balaban J connectivity index is 2.08. The van der Waals surface area contributed by atoms with Gasteiger partial charge < -0.3 is 15.4 Å². The topological polar surface area (TPSA) is 55.6 Å². The molecule has 1 aliphatic carbocycles. The summed E-state index contributed by atoms with van der Waals surface area (Å²) in [5.41, 5.74) is 3.30. The number of piperidine rings is 1. The van der Waals surface area contributed by atoms with Gasteiger partial charge in [0.1, 0.15) is 5.60 Å². The van der Waals surface area contributed by atoms with E-state index in [2.05, 4.69) is 4.90 Å². The molecule has 0 bridgehead atoms. The van der Waals surface area contributed by atoms with Gasteiger partial charge in [0, 0.05) is 30.1 Å². The molecule has 152 valence electrons. The van der Waals surface area contributed by atoms with Crippen LogP contribution < -0.4 is 5.73 Å². The van der Waals surface area contributed by atoms with Crippen molar-refractivity contribution >= 4 is 17.5 Å². The molecule has 1 atom stereocenters. The highest BCUT2D eigenvalue weighted by Gasteiger charge is 2.44. The first-order valence-electron chi connectivity index (χ1n) is 9.02. The van der Waals surface area contributed by atoms with Gasteiger partial charge in [0.05, 0.1) is 11.7 Å². The van der Waals surface area contributed by atoms with Crippen LogP contribution in [0.3, 0.4) is 0 Å². The third-order valence-corrected chi connectivity index (χ3v) is 5.41. The van der Waals surface area contributed by atoms with E-state index >= 15 is 0 Å². The van der Waals surface area contributed by atoms with Gasteiger partial charge in [-0.2, -0.15) is 13.2 Å². The molecular weight excluding hydrogens is 393 g/mol. The van der Waals surface area contributed by atoms with Crippen molar-refractivity contribution in [3.8, 4) is 0 Å². The summed E-state index contributed by atoms with van der Waals surface area (Å²) >= 11 is 6.10. The second-order valence-corrected chi connectivity index (χ2v) is 7.76. The first kappa shape index (κ1) is 20.9. The van der Waals surface area contributed by atoms with Crippen LogP contribution in [0.15, 0.2) is 47.6 Å². The SMILES string of the molecule is CN1CCC(OC2(c3cccc(Cl)c3)C=C(C(F)(F)F)C=C(C(N)=O)C2)CC1. The van der Waals surface area contributed by atoms with Gasteiger partial charge in [0.25, 0.3) is 0 Å². The summed E-state index contributed by atoms with van der Waals surface area (Å²) in [7, 11) is 1.99. The normalized spacial score (nSPS) is 24.6. The Hall–Kier alpha value is -1.83. The van der Waals surface area contributed by atoms with Gasteiger partial charge in [-0.1, -0.05) is 23.7 Å². The minimum absolute atomic E-state index is 0.0748. The molecular formula is C20H22ClF3N2O2. The van der Waals surface area contributed by atoms with Crippen LogP contribution in [0.5, 0.6) is 0 Å². The minimum Gasteiger partial charge on any atom is -0.366 e. The molecule has 1 aliphatic heterocycles. The molecule has 0 aromatic heterocycles. The van der Waals surface area contributed by atoms with E-state index in [9.17, 15) is 18.0 Å². The standard InChI is InChI=1S/C20H22ClF3N2O2/c1-26-7-5-17(6-8-26)28-19(14-3-2-4-16(21)10-14)11-13(18(25)27)9-15(12-19)20(22,23)24/h2-4,9-10,12,17H,5-8,11H2,1H3,(H2,25,27). The van der Waals surface area contributed by atoms with Crippen molar-refractivity contribution in [2.24, 2.45) is 5.73 Å². The van der Waals surface area contributed by atoms with Crippen LogP contribution in [0.4, 0.5) is 13.2 Å². The highest BCUT2D eigenvalue weighted by molar-refractivity contribution is 6.30. The number of amides is 1. The van der Waals surface area contributed by atoms with E-state index in [0.717, 1.165) is 25.2 Å². The third-order valence-electron chi connectivity index (χ3n) is 5.17. The molecule has 1 saturated heterocycles. The van der Waals surface area contributed by atoms with Gasteiger partial charge in [-0.15, -0.1) is 0 Å². The number of carbonyl (C=O) groups is 1. The first-order valence-corrected chi connectivity index (χ1v) is 9.40. The number of hydrogen-bond acceptors (Lipinski definition) is 3. The number of carbonyl (C=O) groups excluding carboxylic acids is 1. The van der Waals surface area contributed by atoms with Gasteiger partial charge in [-0.05, 0) is 49.7 Å². The fourth-order valence-corrected chi connectivity index (χ4v) is 3.86. The van der Waals surface area contributed by atoms with E-state index in [1.165, 1.54) is 0 Å². The summed E-state index contributed by atoms with van der Waals surface area (Å²) in [6.07, 6.45) is -1.72. The minimum atomic E-state index is -4.64. The summed E-state index contributed by atoms with van der Waals surface area (Å²) in [6.45, 7) is 1.56. The number of nitrogens with two attached hydrogens (primary N) is 1. The van der Waals surface area contributed by atoms with Crippen LogP contribution in [-0.2, 0) is 15.1 Å². The third kappa shape index (κ3) is 4.59. The van der Waals surface area contributed by atoms with Gasteiger partial charge in [0.2, 0.25) is 5.91 Å². The van der Waals surface area contributed by atoms with Crippen molar-refractivity contribution in [1.29, 1.82) is 0 Å². The average molecular weight is 415 g/mol. The zero-order valence-corrected chi connectivity index (χ0v) is 16.2. The van der Waals surface area contributed by atoms with Gasteiger partial charge in [-0.3, -0.25) is 4.79 Å². The number of nitrogens with zero attached hydrogens (tertiary/aromatic N) is 1. The summed E-state index contributed by atoms with van der Waals surface area (Å²) in [5, 5.41) is 0.376. The van der Waals surface area contributed by atoms with Crippen molar-refractivity contribution in [3.05, 3.63) is 58.1 Å². The Labute approximate surface area is 166 Å². The molecule has 0 saturated carbocycles. The van der Waals surface area contributed by atoms with E-state index in [4.69, 9.17) is 22.1 Å². The number of allylic oxidation sites excluding steroid dienone is 2. The molecule has 1 amide bonds. The lowest BCUT2D eigenvalue weighted by Gasteiger charge is -2.41. The zero-order chi connectivity index (χ0) is 20.5. The maximum Gasteiger partial charge on any atom is 0.416 e. The lowest BCUT2D eigenvalue weighted by Crippen LogP contribution is -2.42. The smallest absolute Gasteiger partial charge is 0.366 e. The zero-order valence-electron chi connectivity index (χ0n) is 15.4. The van der Waals surface area contributed by atoms with Crippen molar-refractivity contribution < 1.29 is 22.7 Å². The highest BCUT2D eigenvalue weighted by atomic mass is 35.5. The lowest BCUT2D eigenvalue weighted by atomic mass is 9.80. The summed E-state index contributed by atoms with van der Waals surface area (Å²) < 4.78 is 47.1. The Kier molecular flexibility index (Phi) is 5.89. The summed E-state index contributed by atoms with van der Waals surface area (Å²) in [6, 6.07) is 6.53. The molecule has 1 fully saturated rings. The second-order valence-electron chi connectivity index (χ2n) is 7.33. The van der Waals surface area contributed by atoms with Crippen LogP contribution in [-0.4, -0.2) is 43.2 Å². The highest BCUT2D eigenvalue weighted by Crippen LogP contribution is 2.44. The van der Waals surface area contributed by atoms with E-state index in [1.807, 2.05) is 7.05 Å². The summed E-state index contributed by atoms with van der Waals surface area (Å²) in [5.74, 6) is -0.895. The van der Waals surface area contributed by atoms with Crippen molar-refractivity contribution in [1.82, 2.24) is 4.90 Å². The predicted molar refractivity (Wildman–Crippen MR) is 101 cm³/mol. The number of ether oxygens (including phenoxy) is 1. The van der Waals surface area contributed by atoms with E-state index in [1.54, 1.807) is 24.3 Å². The lowest BCUT2D eigenvalue weighted by molar-refractivity contribution is -0.118. The number of hydrogen-bond donors (Lipinski definition) is 1. The number of likely N-dealkylation sites (tertiary alicyclic amines) is 1. The fourth-order valence-electron chi connectivity index (χ4n) is 3.67. The molecule has 1 aromatic rings. The summed E-state index contributed by atoms with van der Waals surface area (Å²) in [4.78, 5) is 14.0. The van der Waals surface area contributed by atoms with Crippen LogP contribution in [0, 0.1) is 0 Å². The number of rotatable bonds is 4. The Morgan fingerprint density at radius 1 is 1.32 bits per heavy atom. The molecule has 2 N–H and O–H groups in total. The van der Waals surface area contributed by atoms with Gasteiger partial charge in [0.15, 0.2) is 0 Å². The molecule has 3 rings (SSSR count). The molecule has 0 spiro atoms.